The number of nitrogens with zero attached hydrogens (tertiary/aromatic N) is 1. The van der Waals surface area contributed by atoms with E-state index in [4.69, 9.17) is 11.6 Å². The highest BCUT2D eigenvalue weighted by molar-refractivity contribution is 7.15. The monoisotopic (exact) mass is 147 g/mol. The van der Waals surface area contributed by atoms with Gasteiger partial charge < -0.3 is 0 Å². The van der Waals surface area contributed by atoms with Crippen LogP contribution in [0.25, 0.3) is 0 Å². The van der Waals surface area contributed by atoms with Gasteiger partial charge in [-0.2, -0.15) is 0 Å². The largest absolute Gasteiger partial charge is 0.245 e. The number of hydrogen-bond acceptors (Lipinski definition) is 2. The summed E-state index contributed by atoms with van der Waals surface area (Å²) in [6.07, 6.45) is 0. The Morgan fingerprint density at radius 2 is 2.12 bits per heavy atom. The highest BCUT2D eigenvalue weighted by Crippen LogP contribution is 2.21. The van der Waals surface area contributed by atoms with Gasteiger partial charge in [-0.15, -0.1) is 11.3 Å². The topological polar surface area (TPSA) is 12.9 Å². The number of rotatable bonds is 0. The first-order chi connectivity index (χ1) is 3.70. The third-order valence-corrected chi connectivity index (χ3v) is 2.21. The van der Waals surface area contributed by atoms with Crippen molar-refractivity contribution in [2.24, 2.45) is 0 Å². The van der Waals surface area contributed by atoms with E-state index in [1.165, 1.54) is 11.3 Å². The first-order valence-electron chi connectivity index (χ1n) is 2.29. The van der Waals surface area contributed by atoms with Crippen LogP contribution in [0.4, 0.5) is 0 Å². The van der Waals surface area contributed by atoms with Gasteiger partial charge >= 0.3 is 0 Å². The van der Waals surface area contributed by atoms with Gasteiger partial charge in [-0.05, 0) is 13.8 Å². The van der Waals surface area contributed by atoms with E-state index in [-0.39, 0.29) is 0 Å². The minimum absolute atomic E-state index is 0.808. The van der Waals surface area contributed by atoms with Crippen LogP contribution in [-0.2, 0) is 0 Å². The molecule has 1 aromatic heterocycles. The maximum Gasteiger partial charge on any atom is 0.116 e. The molecule has 0 unspecified atom stereocenters. The number of thiazole rings is 1. The minimum atomic E-state index is 0.808. The van der Waals surface area contributed by atoms with Crippen molar-refractivity contribution >= 4 is 22.9 Å². The highest BCUT2D eigenvalue weighted by Gasteiger charge is 1.98. The van der Waals surface area contributed by atoms with E-state index in [1.54, 1.807) is 0 Å². The Morgan fingerprint density at radius 3 is 2.25 bits per heavy atom. The number of hydrogen-bond donors (Lipinski definition) is 0. The van der Waals surface area contributed by atoms with Gasteiger partial charge in [-0.3, -0.25) is 0 Å². The molecule has 0 atom stereocenters. The van der Waals surface area contributed by atoms with Gasteiger partial charge in [0.2, 0.25) is 0 Å². The third kappa shape index (κ3) is 1.01. The lowest BCUT2D eigenvalue weighted by Crippen LogP contribution is -1.68. The van der Waals surface area contributed by atoms with Crippen molar-refractivity contribution in [3.05, 3.63) is 15.0 Å². The smallest absolute Gasteiger partial charge is 0.116 e. The molecule has 3 heteroatoms. The molecule has 1 aromatic rings. The van der Waals surface area contributed by atoms with Gasteiger partial charge in [-0.25, -0.2) is 4.98 Å². The van der Waals surface area contributed by atoms with Crippen LogP contribution in [0.2, 0.25) is 4.34 Å². The molecule has 8 heavy (non-hydrogen) atoms. The molecule has 0 spiro atoms. The van der Waals surface area contributed by atoms with Crippen molar-refractivity contribution in [3.8, 4) is 0 Å². The lowest BCUT2D eigenvalue weighted by molar-refractivity contribution is 1.20. The molecule has 44 valence electrons. The van der Waals surface area contributed by atoms with Crippen molar-refractivity contribution in [3.63, 3.8) is 0 Å². The zero-order valence-electron chi connectivity index (χ0n) is 4.73. The summed E-state index contributed by atoms with van der Waals surface area (Å²) in [5.74, 6) is 0. The van der Waals surface area contributed by atoms with Gasteiger partial charge in [-0.1, -0.05) is 11.6 Å². The fourth-order valence-electron chi connectivity index (χ4n) is 0.506. The van der Waals surface area contributed by atoms with E-state index in [0.717, 1.165) is 15.0 Å². The summed E-state index contributed by atoms with van der Waals surface area (Å²) in [4.78, 5) is 4.10. The lowest BCUT2D eigenvalue weighted by Gasteiger charge is -1.75. The highest BCUT2D eigenvalue weighted by atomic mass is 35.5. The predicted octanol–water partition coefficient (Wildman–Crippen LogP) is 2.41. The fraction of sp³-hybridized carbons (Fsp3) is 0.400. The normalized spacial score (nSPS) is 9.88. The van der Waals surface area contributed by atoms with Crippen LogP contribution in [0.15, 0.2) is 0 Å². The van der Waals surface area contributed by atoms with Gasteiger partial charge in [0.1, 0.15) is 4.34 Å². The standard InChI is InChI=1S/C5H6ClNS/c1-3-5(6)8-4(2)7-3/h1-2H3. The molecule has 0 aromatic carbocycles. The van der Waals surface area contributed by atoms with Crippen LogP contribution in [0.1, 0.15) is 10.7 Å². The van der Waals surface area contributed by atoms with E-state index in [0.29, 0.717) is 0 Å². The van der Waals surface area contributed by atoms with Gasteiger partial charge in [0, 0.05) is 0 Å². The van der Waals surface area contributed by atoms with Crippen molar-refractivity contribution in [1.82, 2.24) is 4.98 Å². The van der Waals surface area contributed by atoms with Gasteiger partial charge in [0.15, 0.2) is 0 Å². The molecule has 0 bridgehead atoms. The van der Waals surface area contributed by atoms with Crippen LogP contribution in [0.3, 0.4) is 0 Å². The molecule has 1 heterocycles. The second-order valence-electron chi connectivity index (χ2n) is 1.59. The Hall–Kier alpha value is -0.0800. The molecular weight excluding hydrogens is 142 g/mol. The van der Waals surface area contributed by atoms with Crippen molar-refractivity contribution in [1.29, 1.82) is 0 Å². The van der Waals surface area contributed by atoms with Crippen LogP contribution in [0, 0.1) is 13.8 Å². The second-order valence-corrected chi connectivity index (χ2v) is 3.40. The average Bonchev–Trinajstić information content (AvgIpc) is 1.85. The Bertz CT molecular complexity index is 175. The molecule has 0 amide bonds. The summed E-state index contributed by atoms with van der Waals surface area (Å²) >= 11 is 7.21. The zero-order valence-corrected chi connectivity index (χ0v) is 6.31. The number of aryl methyl sites for hydroxylation is 2. The quantitative estimate of drug-likeness (QED) is 0.549. The zero-order chi connectivity index (χ0) is 6.15. The first kappa shape index (κ1) is 6.05. The van der Waals surface area contributed by atoms with E-state index in [1.807, 2.05) is 13.8 Å². The second kappa shape index (κ2) is 2.03. The summed E-state index contributed by atoms with van der Waals surface area (Å²) in [5, 5.41) is 1.03. The lowest BCUT2D eigenvalue weighted by atomic mass is 10.6. The molecule has 0 radical (unpaired) electrons. The molecule has 0 aliphatic carbocycles. The van der Waals surface area contributed by atoms with Crippen molar-refractivity contribution < 1.29 is 0 Å². The molecule has 1 nitrogen and oxygen atoms in total. The average molecular weight is 148 g/mol. The van der Waals surface area contributed by atoms with E-state index >= 15 is 0 Å². The van der Waals surface area contributed by atoms with Crippen LogP contribution in [-0.4, -0.2) is 4.98 Å². The summed E-state index contributed by atoms with van der Waals surface area (Å²) < 4.78 is 0.808. The van der Waals surface area contributed by atoms with Gasteiger partial charge in [0.25, 0.3) is 0 Å². The number of aromatic nitrogens is 1. The van der Waals surface area contributed by atoms with Crippen LogP contribution >= 0.6 is 22.9 Å². The predicted molar refractivity (Wildman–Crippen MR) is 36.6 cm³/mol. The van der Waals surface area contributed by atoms with Crippen molar-refractivity contribution in [2.45, 2.75) is 13.8 Å². The Kier molecular flexibility index (Phi) is 1.54. The molecule has 0 N–H and O–H groups in total. The molecule has 0 saturated heterocycles. The molecule has 0 saturated carbocycles. The van der Waals surface area contributed by atoms with Gasteiger partial charge in [0.05, 0.1) is 10.7 Å². The molecule has 0 fully saturated rings. The van der Waals surface area contributed by atoms with Crippen LogP contribution in [0.5, 0.6) is 0 Å². The summed E-state index contributed by atoms with van der Waals surface area (Å²) in [6, 6.07) is 0. The van der Waals surface area contributed by atoms with Crippen molar-refractivity contribution in [2.75, 3.05) is 0 Å². The Labute approximate surface area is 57.3 Å². The summed E-state index contributed by atoms with van der Waals surface area (Å²) in [5.41, 5.74) is 0.939. The molecule has 0 aliphatic rings. The van der Waals surface area contributed by atoms with Crippen LogP contribution < -0.4 is 0 Å². The number of halogens is 1. The Morgan fingerprint density at radius 1 is 1.50 bits per heavy atom. The maximum atomic E-state index is 5.69. The first-order valence-corrected chi connectivity index (χ1v) is 3.49. The van der Waals surface area contributed by atoms with E-state index in [2.05, 4.69) is 4.98 Å². The van der Waals surface area contributed by atoms with E-state index in [9.17, 15) is 0 Å². The minimum Gasteiger partial charge on any atom is -0.245 e. The fourth-order valence-corrected chi connectivity index (χ4v) is 1.52. The van der Waals surface area contributed by atoms with E-state index < -0.39 is 0 Å². The molecular formula is C5H6ClNS. The maximum absolute atomic E-state index is 5.69. The summed E-state index contributed by atoms with van der Waals surface area (Å²) in [6.45, 7) is 3.86. The SMILES string of the molecule is Cc1nc(C)c(Cl)s1. The Balaban J connectivity index is 3.14. The summed E-state index contributed by atoms with van der Waals surface area (Å²) in [7, 11) is 0. The molecule has 1 rings (SSSR count). The molecule has 0 aliphatic heterocycles. The third-order valence-electron chi connectivity index (χ3n) is 0.847.